The molecule has 21 heavy (non-hydrogen) atoms. The lowest BCUT2D eigenvalue weighted by atomic mass is 9.91. The molecule has 2 aromatic rings. The van der Waals surface area contributed by atoms with Crippen LogP contribution < -0.4 is 11.3 Å². The molecule has 3 rings (SSSR count). The third-order valence-corrected chi connectivity index (χ3v) is 4.57. The SMILES string of the molecule is Cc1ccc(Cn2c3c(ccc2=O)C(N)CCC3)cc1C. The minimum atomic E-state index is 0.0698. The molecule has 110 valence electrons. The van der Waals surface area contributed by atoms with Crippen LogP contribution in [0, 0.1) is 13.8 Å². The second kappa shape index (κ2) is 5.49. The number of hydrogen-bond donors (Lipinski definition) is 1. The van der Waals surface area contributed by atoms with Crippen LogP contribution in [-0.2, 0) is 13.0 Å². The maximum absolute atomic E-state index is 12.3. The van der Waals surface area contributed by atoms with Crippen molar-refractivity contribution in [1.29, 1.82) is 0 Å². The van der Waals surface area contributed by atoms with E-state index in [1.165, 1.54) is 16.7 Å². The zero-order valence-electron chi connectivity index (χ0n) is 12.7. The Morgan fingerprint density at radius 3 is 2.76 bits per heavy atom. The van der Waals surface area contributed by atoms with Crippen molar-refractivity contribution in [3.05, 3.63) is 68.6 Å². The molecular formula is C18H22N2O. The summed E-state index contributed by atoms with van der Waals surface area (Å²) in [5.41, 5.74) is 12.2. The number of hydrogen-bond acceptors (Lipinski definition) is 2. The van der Waals surface area contributed by atoms with Gasteiger partial charge in [0.05, 0.1) is 6.54 Å². The summed E-state index contributed by atoms with van der Waals surface area (Å²) in [5, 5.41) is 0. The Balaban J connectivity index is 2.04. The third-order valence-electron chi connectivity index (χ3n) is 4.57. The zero-order valence-corrected chi connectivity index (χ0v) is 12.7. The van der Waals surface area contributed by atoms with Gasteiger partial charge in [0.15, 0.2) is 0 Å². The number of nitrogens with two attached hydrogens (primary N) is 1. The van der Waals surface area contributed by atoms with Crippen LogP contribution in [0.2, 0.25) is 0 Å². The molecule has 2 N–H and O–H groups in total. The summed E-state index contributed by atoms with van der Waals surface area (Å²) in [6, 6.07) is 10.0. The highest BCUT2D eigenvalue weighted by atomic mass is 16.1. The molecular weight excluding hydrogens is 260 g/mol. The van der Waals surface area contributed by atoms with E-state index >= 15 is 0 Å². The summed E-state index contributed by atoms with van der Waals surface area (Å²) in [7, 11) is 0. The Morgan fingerprint density at radius 1 is 1.19 bits per heavy atom. The molecule has 0 bridgehead atoms. The van der Waals surface area contributed by atoms with E-state index in [1.54, 1.807) is 6.07 Å². The molecule has 0 amide bonds. The van der Waals surface area contributed by atoms with E-state index < -0.39 is 0 Å². The van der Waals surface area contributed by atoms with Crippen molar-refractivity contribution in [2.45, 2.75) is 45.7 Å². The molecule has 1 heterocycles. The molecule has 1 aromatic carbocycles. The predicted octanol–water partition coefficient (Wildman–Crippen LogP) is 2.85. The summed E-state index contributed by atoms with van der Waals surface area (Å²) < 4.78 is 1.90. The van der Waals surface area contributed by atoms with Crippen molar-refractivity contribution in [1.82, 2.24) is 4.57 Å². The van der Waals surface area contributed by atoms with E-state index in [9.17, 15) is 4.79 Å². The zero-order chi connectivity index (χ0) is 15.0. The molecule has 1 unspecified atom stereocenters. The van der Waals surface area contributed by atoms with Gasteiger partial charge < -0.3 is 10.3 Å². The van der Waals surface area contributed by atoms with Gasteiger partial charge in [0, 0.05) is 17.8 Å². The van der Waals surface area contributed by atoms with Crippen LogP contribution in [0.3, 0.4) is 0 Å². The topological polar surface area (TPSA) is 48.0 Å². The molecule has 1 aromatic heterocycles. The maximum atomic E-state index is 12.3. The predicted molar refractivity (Wildman–Crippen MR) is 85.6 cm³/mol. The first-order valence-electron chi connectivity index (χ1n) is 7.60. The molecule has 1 aliphatic carbocycles. The van der Waals surface area contributed by atoms with Crippen molar-refractivity contribution >= 4 is 0 Å². The van der Waals surface area contributed by atoms with Gasteiger partial charge in [0.1, 0.15) is 0 Å². The van der Waals surface area contributed by atoms with Crippen molar-refractivity contribution in [2.75, 3.05) is 0 Å². The lowest BCUT2D eigenvalue weighted by Crippen LogP contribution is -2.29. The number of rotatable bonds is 2. The number of nitrogens with zero attached hydrogens (tertiary/aromatic N) is 1. The molecule has 0 spiro atoms. The van der Waals surface area contributed by atoms with Crippen LogP contribution in [-0.4, -0.2) is 4.57 Å². The lowest BCUT2D eigenvalue weighted by Gasteiger charge is -2.25. The second-order valence-corrected chi connectivity index (χ2v) is 6.08. The Kier molecular flexibility index (Phi) is 3.68. The summed E-state index contributed by atoms with van der Waals surface area (Å²) in [4.78, 5) is 12.3. The van der Waals surface area contributed by atoms with Crippen molar-refractivity contribution < 1.29 is 0 Å². The first-order chi connectivity index (χ1) is 10.1. The van der Waals surface area contributed by atoms with Crippen molar-refractivity contribution in [3.8, 4) is 0 Å². The van der Waals surface area contributed by atoms with E-state index in [4.69, 9.17) is 5.73 Å². The smallest absolute Gasteiger partial charge is 0.251 e. The van der Waals surface area contributed by atoms with Crippen LogP contribution in [0.25, 0.3) is 0 Å². The Morgan fingerprint density at radius 2 is 2.00 bits per heavy atom. The fraction of sp³-hybridized carbons (Fsp3) is 0.389. The molecule has 0 saturated heterocycles. The summed E-state index contributed by atoms with van der Waals surface area (Å²) in [6.45, 7) is 4.85. The highest BCUT2D eigenvalue weighted by Crippen LogP contribution is 2.27. The fourth-order valence-corrected chi connectivity index (χ4v) is 3.16. The quantitative estimate of drug-likeness (QED) is 0.920. The van der Waals surface area contributed by atoms with Crippen molar-refractivity contribution in [3.63, 3.8) is 0 Å². The molecule has 1 aliphatic rings. The monoisotopic (exact) mass is 282 g/mol. The van der Waals surface area contributed by atoms with Crippen LogP contribution >= 0.6 is 0 Å². The summed E-state index contributed by atoms with van der Waals surface area (Å²) in [6.07, 6.45) is 3.02. The molecule has 1 atom stereocenters. The van der Waals surface area contributed by atoms with Gasteiger partial charge >= 0.3 is 0 Å². The van der Waals surface area contributed by atoms with Gasteiger partial charge in [-0.05, 0) is 55.4 Å². The largest absolute Gasteiger partial charge is 0.324 e. The molecule has 3 heteroatoms. The number of benzene rings is 1. The van der Waals surface area contributed by atoms with E-state index in [-0.39, 0.29) is 11.6 Å². The number of aromatic nitrogens is 1. The van der Waals surface area contributed by atoms with Gasteiger partial charge in [-0.2, -0.15) is 0 Å². The lowest BCUT2D eigenvalue weighted by molar-refractivity contribution is 0.529. The number of fused-ring (bicyclic) bond motifs is 1. The van der Waals surface area contributed by atoms with Crippen LogP contribution in [0.15, 0.2) is 35.1 Å². The van der Waals surface area contributed by atoms with E-state index in [0.29, 0.717) is 6.54 Å². The summed E-state index contributed by atoms with van der Waals surface area (Å²) in [5.74, 6) is 0. The Hall–Kier alpha value is -1.87. The second-order valence-electron chi connectivity index (χ2n) is 6.08. The highest BCUT2D eigenvalue weighted by Gasteiger charge is 2.20. The molecule has 0 fully saturated rings. The van der Waals surface area contributed by atoms with Crippen LogP contribution in [0.5, 0.6) is 0 Å². The standard InChI is InChI=1S/C18H22N2O/c1-12-6-7-14(10-13(12)2)11-20-17-5-3-4-16(19)15(17)8-9-18(20)21/h6-10,16H,3-5,11,19H2,1-2H3. The molecule has 0 radical (unpaired) electrons. The average molecular weight is 282 g/mol. The third kappa shape index (κ3) is 2.66. The first-order valence-corrected chi connectivity index (χ1v) is 7.60. The van der Waals surface area contributed by atoms with Crippen LogP contribution in [0.1, 0.15) is 46.8 Å². The van der Waals surface area contributed by atoms with Gasteiger partial charge in [-0.1, -0.05) is 24.3 Å². The van der Waals surface area contributed by atoms with Crippen molar-refractivity contribution in [2.24, 2.45) is 5.73 Å². The summed E-state index contributed by atoms with van der Waals surface area (Å²) >= 11 is 0. The van der Waals surface area contributed by atoms with Crippen LogP contribution in [0.4, 0.5) is 0 Å². The van der Waals surface area contributed by atoms with E-state index in [1.807, 2.05) is 10.6 Å². The van der Waals surface area contributed by atoms with Gasteiger partial charge in [0.25, 0.3) is 5.56 Å². The van der Waals surface area contributed by atoms with Gasteiger partial charge in [0.2, 0.25) is 0 Å². The maximum Gasteiger partial charge on any atom is 0.251 e. The minimum Gasteiger partial charge on any atom is -0.324 e. The van der Waals surface area contributed by atoms with E-state index in [2.05, 4.69) is 32.0 Å². The van der Waals surface area contributed by atoms with Gasteiger partial charge in [-0.15, -0.1) is 0 Å². The van der Waals surface area contributed by atoms with E-state index in [0.717, 1.165) is 30.5 Å². The highest BCUT2D eigenvalue weighted by molar-refractivity contribution is 5.32. The van der Waals surface area contributed by atoms with Gasteiger partial charge in [-0.25, -0.2) is 0 Å². The Labute approximate surface area is 125 Å². The van der Waals surface area contributed by atoms with Gasteiger partial charge in [-0.3, -0.25) is 4.79 Å². The molecule has 0 saturated carbocycles. The Bertz CT molecular complexity index is 730. The number of aryl methyl sites for hydroxylation is 2. The molecule has 3 nitrogen and oxygen atoms in total. The molecule has 0 aliphatic heterocycles. The fourth-order valence-electron chi connectivity index (χ4n) is 3.16. The minimum absolute atomic E-state index is 0.0698. The normalized spacial score (nSPS) is 17.6. The average Bonchev–Trinajstić information content (AvgIpc) is 2.46. The first kappa shape index (κ1) is 14.1. The number of pyridine rings is 1.